The fourth-order valence-electron chi connectivity index (χ4n) is 2.57. The average molecular weight is 371 g/mol. The van der Waals surface area contributed by atoms with Crippen molar-refractivity contribution in [2.45, 2.75) is 25.8 Å². The standard InChI is InChI=1S/C15H21N3.HI/c1-16-15(17-10-12-6-7-12)18-9-8-13-4-2-3-5-14(13)11-18;/h2-5,12H,6-11H2,1H3,(H,16,17);1H. The maximum atomic E-state index is 4.42. The van der Waals surface area contributed by atoms with Crippen molar-refractivity contribution in [1.29, 1.82) is 0 Å². The number of halogens is 1. The Balaban J connectivity index is 0.00000133. The van der Waals surface area contributed by atoms with E-state index in [1.807, 2.05) is 7.05 Å². The third kappa shape index (κ3) is 3.61. The fraction of sp³-hybridized carbons (Fsp3) is 0.533. The maximum Gasteiger partial charge on any atom is 0.193 e. The van der Waals surface area contributed by atoms with Gasteiger partial charge in [-0.2, -0.15) is 0 Å². The van der Waals surface area contributed by atoms with E-state index in [4.69, 9.17) is 0 Å². The molecule has 104 valence electrons. The van der Waals surface area contributed by atoms with Crippen molar-refractivity contribution >= 4 is 29.9 Å². The minimum absolute atomic E-state index is 0. The molecule has 0 radical (unpaired) electrons. The van der Waals surface area contributed by atoms with Crippen LogP contribution in [0.2, 0.25) is 0 Å². The molecule has 0 atom stereocenters. The van der Waals surface area contributed by atoms with Crippen LogP contribution in [0.15, 0.2) is 29.3 Å². The molecule has 1 aromatic carbocycles. The Morgan fingerprint density at radius 2 is 2.05 bits per heavy atom. The third-order valence-corrected chi connectivity index (χ3v) is 3.89. The molecule has 1 saturated carbocycles. The van der Waals surface area contributed by atoms with Gasteiger partial charge in [0.05, 0.1) is 0 Å². The molecular weight excluding hydrogens is 349 g/mol. The second-order valence-electron chi connectivity index (χ2n) is 5.31. The van der Waals surface area contributed by atoms with E-state index in [9.17, 15) is 0 Å². The third-order valence-electron chi connectivity index (χ3n) is 3.89. The van der Waals surface area contributed by atoms with Gasteiger partial charge >= 0.3 is 0 Å². The van der Waals surface area contributed by atoms with Gasteiger partial charge in [-0.1, -0.05) is 24.3 Å². The van der Waals surface area contributed by atoms with Gasteiger partial charge in [0.2, 0.25) is 0 Å². The van der Waals surface area contributed by atoms with Crippen LogP contribution < -0.4 is 5.32 Å². The second-order valence-corrected chi connectivity index (χ2v) is 5.31. The summed E-state index contributed by atoms with van der Waals surface area (Å²) in [6.45, 7) is 3.15. The van der Waals surface area contributed by atoms with Crippen LogP contribution in [0.5, 0.6) is 0 Å². The van der Waals surface area contributed by atoms with Crippen LogP contribution in [0.25, 0.3) is 0 Å². The highest BCUT2D eigenvalue weighted by Crippen LogP contribution is 2.27. The van der Waals surface area contributed by atoms with Gasteiger partial charge in [0.25, 0.3) is 0 Å². The van der Waals surface area contributed by atoms with Crippen LogP contribution in [0.1, 0.15) is 24.0 Å². The summed E-state index contributed by atoms with van der Waals surface area (Å²) in [5.41, 5.74) is 2.93. The monoisotopic (exact) mass is 371 g/mol. The van der Waals surface area contributed by atoms with Gasteiger partial charge in [-0.3, -0.25) is 4.99 Å². The quantitative estimate of drug-likeness (QED) is 0.492. The molecule has 1 aliphatic heterocycles. The Kier molecular flexibility index (Phi) is 5.07. The molecule has 4 heteroatoms. The van der Waals surface area contributed by atoms with Crippen molar-refractivity contribution in [3.63, 3.8) is 0 Å². The Morgan fingerprint density at radius 3 is 2.74 bits per heavy atom. The van der Waals surface area contributed by atoms with Crippen molar-refractivity contribution in [2.75, 3.05) is 20.1 Å². The lowest BCUT2D eigenvalue weighted by atomic mass is 10.0. The Bertz CT molecular complexity index is 454. The molecule has 1 heterocycles. The molecule has 0 unspecified atom stereocenters. The van der Waals surface area contributed by atoms with Gasteiger partial charge < -0.3 is 10.2 Å². The molecule has 0 aromatic heterocycles. The van der Waals surface area contributed by atoms with E-state index in [-0.39, 0.29) is 24.0 Å². The number of nitrogens with one attached hydrogen (secondary N) is 1. The second kappa shape index (κ2) is 6.59. The highest BCUT2D eigenvalue weighted by atomic mass is 127. The molecule has 3 rings (SSSR count). The molecule has 1 N–H and O–H groups in total. The van der Waals surface area contributed by atoms with E-state index < -0.39 is 0 Å². The Hall–Kier alpha value is -0.780. The van der Waals surface area contributed by atoms with Crippen LogP contribution in [0.4, 0.5) is 0 Å². The minimum atomic E-state index is 0. The lowest BCUT2D eigenvalue weighted by Gasteiger charge is -2.31. The fourth-order valence-corrected chi connectivity index (χ4v) is 2.57. The van der Waals surface area contributed by atoms with Crippen molar-refractivity contribution in [3.05, 3.63) is 35.4 Å². The number of benzene rings is 1. The van der Waals surface area contributed by atoms with E-state index >= 15 is 0 Å². The first-order valence-electron chi connectivity index (χ1n) is 6.89. The van der Waals surface area contributed by atoms with Crippen molar-refractivity contribution in [3.8, 4) is 0 Å². The Morgan fingerprint density at radius 1 is 1.32 bits per heavy atom. The van der Waals surface area contributed by atoms with Crippen LogP contribution in [-0.4, -0.2) is 31.0 Å². The number of fused-ring (bicyclic) bond motifs is 1. The normalized spacial score (nSPS) is 18.6. The Labute approximate surface area is 132 Å². The zero-order chi connectivity index (χ0) is 12.4. The zero-order valence-electron chi connectivity index (χ0n) is 11.4. The topological polar surface area (TPSA) is 27.6 Å². The van der Waals surface area contributed by atoms with Gasteiger partial charge in [0.15, 0.2) is 5.96 Å². The zero-order valence-corrected chi connectivity index (χ0v) is 13.8. The summed E-state index contributed by atoms with van der Waals surface area (Å²) in [7, 11) is 1.88. The lowest BCUT2D eigenvalue weighted by Crippen LogP contribution is -2.44. The summed E-state index contributed by atoms with van der Waals surface area (Å²) in [6, 6.07) is 8.74. The number of nitrogens with zero attached hydrogens (tertiary/aromatic N) is 2. The van der Waals surface area contributed by atoms with Gasteiger partial charge in [0, 0.05) is 26.7 Å². The highest BCUT2D eigenvalue weighted by molar-refractivity contribution is 14.0. The summed E-state index contributed by atoms with van der Waals surface area (Å²) in [6.07, 6.45) is 3.89. The highest BCUT2D eigenvalue weighted by Gasteiger charge is 2.23. The first-order valence-corrected chi connectivity index (χ1v) is 6.89. The summed E-state index contributed by atoms with van der Waals surface area (Å²) < 4.78 is 0. The molecule has 0 amide bonds. The van der Waals surface area contributed by atoms with Gasteiger partial charge in [-0.05, 0) is 36.3 Å². The maximum absolute atomic E-state index is 4.42. The molecule has 19 heavy (non-hydrogen) atoms. The van der Waals surface area contributed by atoms with Crippen molar-refractivity contribution in [1.82, 2.24) is 10.2 Å². The molecule has 2 aliphatic rings. The molecule has 3 nitrogen and oxygen atoms in total. The summed E-state index contributed by atoms with van der Waals surface area (Å²) in [4.78, 5) is 6.78. The summed E-state index contributed by atoms with van der Waals surface area (Å²) in [5, 5.41) is 3.51. The smallest absolute Gasteiger partial charge is 0.193 e. The molecule has 0 spiro atoms. The number of aliphatic imine (C=N–C) groups is 1. The first-order chi connectivity index (χ1) is 8.86. The van der Waals surface area contributed by atoms with Gasteiger partial charge in [0.1, 0.15) is 0 Å². The van der Waals surface area contributed by atoms with E-state index in [1.54, 1.807) is 0 Å². The van der Waals surface area contributed by atoms with E-state index in [0.717, 1.165) is 37.9 Å². The predicted octanol–water partition coefficient (Wildman–Crippen LogP) is 2.65. The number of hydrogen-bond donors (Lipinski definition) is 1. The first kappa shape index (κ1) is 14.6. The SMILES string of the molecule is CN=C(NCC1CC1)N1CCc2ccccc2C1.I. The lowest BCUT2D eigenvalue weighted by molar-refractivity contribution is 0.378. The van der Waals surface area contributed by atoms with Crippen LogP contribution in [0.3, 0.4) is 0 Å². The molecule has 0 bridgehead atoms. The molecule has 0 saturated heterocycles. The van der Waals surface area contributed by atoms with Gasteiger partial charge in [-0.25, -0.2) is 0 Å². The molecule has 1 aromatic rings. The predicted molar refractivity (Wildman–Crippen MR) is 90.1 cm³/mol. The van der Waals surface area contributed by atoms with Crippen LogP contribution >= 0.6 is 24.0 Å². The largest absolute Gasteiger partial charge is 0.356 e. The minimum Gasteiger partial charge on any atom is -0.356 e. The van der Waals surface area contributed by atoms with E-state index in [1.165, 1.54) is 24.0 Å². The molecule has 1 aliphatic carbocycles. The van der Waals surface area contributed by atoms with Crippen LogP contribution in [0, 0.1) is 5.92 Å². The van der Waals surface area contributed by atoms with Crippen molar-refractivity contribution in [2.24, 2.45) is 10.9 Å². The number of rotatable bonds is 2. The molecular formula is C15H22IN3. The summed E-state index contributed by atoms with van der Waals surface area (Å²) in [5.74, 6) is 1.95. The molecule has 1 fully saturated rings. The van der Waals surface area contributed by atoms with Crippen LogP contribution in [-0.2, 0) is 13.0 Å². The van der Waals surface area contributed by atoms with Gasteiger partial charge in [-0.15, -0.1) is 24.0 Å². The number of guanidine groups is 1. The summed E-state index contributed by atoms with van der Waals surface area (Å²) >= 11 is 0. The average Bonchev–Trinajstić information content (AvgIpc) is 3.23. The van der Waals surface area contributed by atoms with E-state index in [2.05, 4.69) is 39.5 Å². The van der Waals surface area contributed by atoms with Crippen molar-refractivity contribution < 1.29 is 0 Å². The number of hydrogen-bond acceptors (Lipinski definition) is 1. The van der Waals surface area contributed by atoms with E-state index in [0.29, 0.717) is 0 Å².